The number of hydrogen-bond acceptors (Lipinski definition) is 4. The van der Waals surface area contributed by atoms with Crippen molar-refractivity contribution in [1.29, 1.82) is 0 Å². The lowest BCUT2D eigenvalue weighted by Gasteiger charge is -2.14. The second-order valence-electron chi connectivity index (χ2n) is 3.55. The molecule has 0 fully saturated rings. The lowest BCUT2D eigenvalue weighted by molar-refractivity contribution is 0.510. The zero-order chi connectivity index (χ0) is 11.5. The maximum absolute atomic E-state index is 5.58. The van der Waals surface area contributed by atoms with Crippen LogP contribution in [-0.4, -0.2) is 9.55 Å². The predicted octanol–water partition coefficient (Wildman–Crippen LogP) is 1.99. The van der Waals surface area contributed by atoms with E-state index in [1.807, 2.05) is 17.8 Å². The van der Waals surface area contributed by atoms with Crippen LogP contribution in [0.25, 0.3) is 0 Å². The quantitative estimate of drug-likeness (QED) is 0.671. The van der Waals surface area contributed by atoms with Gasteiger partial charge in [-0.2, -0.15) is 0 Å². The summed E-state index contributed by atoms with van der Waals surface area (Å²) in [5.74, 6) is 6.53. The molecular formula is C10H13BrN4S. The van der Waals surface area contributed by atoms with Crippen molar-refractivity contribution in [2.75, 3.05) is 0 Å². The molecule has 16 heavy (non-hydrogen) atoms. The SMILES string of the molecule is Cn1ccnc1C(Cc1cc(Br)cs1)NN. The normalized spacial score (nSPS) is 12.9. The maximum Gasteiger partial charge on any atom is 0.127 e. The van der Waals surface area contributed by atoms with Crippen molar-refractivity contribution >= 4 is 27.3 Å². The number of nitrogens with zero attached hydrogens (tertiary/aromatic N) is 2. The third kappa shape index (κ3) is 2.52. The van der Waals surface area contributed by atoms with Gasteiger partial charge in [-0.25, -0.2) is 10.4 Å². The molecule has 0 amide bonds. The van der Waals surface area contributed by atoms with Crippen molar-refractivity contribution in [2.45, 2.75) is 12.5 Å². The molecule has 86 valence electrons. The number of nitrogens with two attached hydrogens (primary N) is 1. The van der Waals surface area contributed by atoms with E-state index in [0.29, 0.717) is 0 Å². The van der Waals surface area contributed by atoms with Crippen LogP contribution in [0.4, 0.5) is 0 Å². The van der Waals surface area contributed by atoms with Gasteiger partial charge in [-0.05, 0) is 22.0 Å². The van der Waals surface area contributed by atoms with Crippen LogP contribution in [0, 0.1) is 0 Å². The fourth-order valence-electron chi connectivity index (χ4n) is 1.60. The molecule has 2 aromatic heterocycles. The fraction of sp³-hybridized carbons (Fsp3) is 0.300. The molecule has 6 heteroatoms. The Bertz CT molecular complexity index is 465. The molecule has 2 rings (SSSR count). The van der Waals surface area contributed by atoms with Crippen LogP contribution in [0.2, 0.25) is 0 Å². The van der Waals surface area contributed by atoms with E-state index in [0.717, 1.165) is 16.7 Å². The van der Waals surface area contributed by atoms with E-state index < -0.39 is 0 Å². The molecule has 0 aromatic carbocycles. The van der Waals surface area contributed by atoms with E-state index in [9.17, 15) is 0 Å². The zero-order valence-corrected chi connectivity index (χ0v) is 11.3. The van der Waals surface area contributed by atoms with Gasteiger partial charge in [0.2, 0.25) is 0 Å². The summed E-state index contributed by atoms with van der Waals surface area (Å²) in [5, 5.41) is 2.07. The Kier molecular flexibility index (Phi) is 3.75. The topological polar surface area (TPSA) is 55.9 Å². The summed E-state index contributed by atoms with van der Waals surface area (Å²) in [6, 6.07) is 2.16. The summed E-state index contributed by atoms with van der Waals surface area (Å²) in [6.45, 7) is 0. The first kappa shape index (κ1) is 11.8. The second-order valence-corrected chi connectivity index (χ2v) is 5.46. The minimum atomic E-state index is 0.0468. The first-order valence-corrected chi connectivity index (χ1v) is 6.54. The molecule has 0 aliphatic carbocycles. The van der Waals surface area contributed by atoms with Gasteiger partial charge >= 0.3 is 0 Å². The number of aromatic nitrogens is 2. The van der Waals surface area contributed by atoms with E-state index in [4.69, 9.17) is 5.84 Å². The highest BCUT2D eigenvalue weighted by molar-refractivity contribution is 9.10. The molecule has 0 radical (unpaired) electrons. The van der Waals surface area contributed by atoms with Crippen LogP contribution >= 0.6 is 27.3 Å². The summed E-state index contributed by atoms with van der Waals surface area (Å²) in [4.78, 5) is 5.58. The molecule has 0 bridgehead atoms. The highest BCUT2D eigenvalue weighted by Gasteiger charge is 2.15. The molecule has 1 unspecified atom stereocenters. The van der Waals surface area contributed by atoms with Gasteiger partial charge in [-0.15, -0.1) is 11.3 Å². The number of nitrogens with one attached hydrogen (secondary N) is 1. The molecule has 0 aliphatic heterocycles. The van der Waals surface area contributed by atoms with E-state index in [1.54, 1.807) is 17.5 Å². The van der Waals surface area contributed by atoms with Crippen LogP contribution in [0.1, 0.15) is 16.7 Å². The van der Waals surface area contributed by atoms with Crippen molar-refractivity contribution < 1.29 is 0 Å². The van der Waals surface area contributed by atoms with E-state index in [1.165, 1.54) is 4.88 Å². The van der Waals surface area contributed by atoms with Gasteiger partial charge in [0.1, 0.15) is 5.82 Å². The van der Waals surface area contributed by atoms with Crippen LogP contribution in [0.5, 0.6) is 0 Å². The van der Waals surface area contributed by atoms with Crippen LogP contribution in [0.15, 0.2) is 28.3 Å². The minimum Gasteiger partial charge on any atom is -0.337 e. The maximum atomic E-state index is 5.58. The van der Waals surface area contributed by atoms with Crippen molar-refractivity contribution in [3.8, 4) is 0 Å². The molecular weight excluding hydrogens is 288 g/mol. The van der Waals surface area contributed by atoms with Gasteiger partial charge in [0.05, 0.1) is 6.04 Å². The van der Waals surface area contributed by atoms with E-state index >= 15 is 0 Å². The molecule has 0 saturated carbocycles. The number of hydrogen-bond donors (Lipinski definition) is 2. The lowest BCUT2D eigenvalue weighted by atomic mass is 10.2. The molecule has 1 atom stereocenters. The Balaban J connectivity index is 2.15. The molecule has 2 heterocycles. The zero-order valence-electron chi connectivity index (χ0n) is 8.85. The van der Waals surface area contributed by atoms with Crippen molar-refractivity contribution in [2.24, 2.45) is 12.9 Å². The summed E-state index contributed by atoms with van der Waals surface area (Å²) in [5.41, 5.74) is 2.81. The number of hydrazine groups is 1. The van der Waals surface area contributed by atoms with Crippen LogP contribution < -0.4 is 11.3 Å². The third-order valence-corrected chi connectivity index (χ3v) is 4.12. The number of rotatable bonds is 4. The summed E-state index contributed by atoms with van der Waals surface area (Å²) in [7, 11) is 1.97. The Hall–Kier alpha value is -0.690. The Morgan fingerprint density at radius 2 is 2.50 bits per heavy atom. The number of halogens is 1. The number of imidazole rings is 1. The van der Waals surface area contributed by atoms with Gasteiger partial charge in [-0.1, -0.05) is 0 Å². The standard InChI is InChI=1S/C10H13BrN4S/c1-15-3-2-13-10(15)9(14-12)5-8-4-7(11)6-16-8/h2-4,6,9,14H,5,12H2,1H3. The minimum absolute atomic E-state index is 0.0468. The van der Waals surface area contributed by atoms with Crippen LogP contribution in [0.3, 0.4) is 0 Å². The molecule has 4 nitrogen and oxygen atoms in total. The molecule has 0 saturated heterocycles. The fourth-order valence-corrected chi connectivity index (χ4v) is 3.10. The molecule has 3 N–H and O–H groups in total. The van der Waals surface area contributed by atoms with Gasteiger partial charge in [0.25, 0.3) is 0 Å². The van der Waals surface area contributed by atoms with E-state index in [2.05, 4.69) is 37.8 Å². The van der Waals surface area contributed by atoms with Gasteiger partial charge < -0.3 is 4.57 Å². The smallest absolute Gasteiger partial charge is 0.127 e. The van der Waals surface area contributed by atoms with Gasteiger partial charge in [0, 0.05) is 40.6 Å². The number of aryl methyl sites for hydroxylation is 1. The highest BCUT2D eigenvalue weighted by Crippen LogP contribution is 2.24. The van der Waals surface area contributed by atoms with Gasteiger partial charge in [0.15, 0.2) is 0 Å². The largest absolute Gasteiger partial charge is 0.337 e. The van der Waals surface area contributed by atoms with Crippen molar-refractivity contribution in [3.63, 3.8) is 0 Å². The molecule has 2 aromatic rings. The highest BCUT2D eigenvalue weighted by atomic mass is 79.9. The first-order chi connectivity index (χ1) is 7.70. The van der Waals surface area contributed by atoms with E-state index in [-0.39, 0.29) is 6.04 Å². The second kappa shape index (κ2) is 5.09. The first-order valence-electron chi connectivity index (χ1n) is 4.87. The Morgan fingerprint density at radius 1 is 1.69 bits per heavy atom. The number of thiophene rings is 1. The van der Waals surface area contributed by atoms with Crippen molar-refractivity contribution in [1.82, 2.24) is 15.0 Å². The Morgan fingerprint density at radius 3 is 3.00 bits per heavy atom. The predicted molar refractivity (Wildman–Crippen MR) is 69.0 cm³/mol. The molecule has 0 aliphatic rings. The lowest BCUT2D eigenvalue weighted by Crippen LogP contribution is -2.31. The monoisotopic (exact) mass is 300 g/mol. The third-order valence-electron chi connectivity index (χ3n) is 2.40. The summed E-state index contributed by atoms with van der Waals surface area (Å²) < 4.78 is 3.09. The average Bonchev–Trinajstić information content (AvgIpc) is 2.84. The molecule has 0 spiro atoms. The average molecular weight is 301 g/mol. The van der Waals surface area contributed by atoms with Gasteiger partial charge in [-0.3, -0.25) is 5.84 Å². The van der Waals surface area contributed by atoms with Crippen LogP contribution in [-0.2, 0) is 13.5 Å². The Labute approximate surface area is 107 Å². The summed E-state index contributed by atoms with van der Waals surface area (Å²) in [6.07, 6.45) is 4.55. The summed E-state index contributed by atoms with van der Waals surface area (Å²) >= 11 is 5.16. The van der Waals surface area contributed by atoms with Crippen molar-refractivity contribution in [3.05, 3.63) is 39.0 Å².